The molecule has 7 aromatic rings. The first-order valence-electron chi connectivity index (χ1n) is 17.6. The molecule has 1 nitrogen and oxygen atoms in total. The lowest BCUT2D eigenvalue weighted by molar-refractivity contribution is 1.03. The Kier molecular flexibility index (Phi) is 9.16. The number of benzene rings is 6. The summed E-state index contributed by atoms with van der Waals surface area (Å²) < 4.78 is 1.38. The average molecular weight is 674 g/mol. The minimum Gasteiger partial charge on any atom is -0.310 e. The molecule has 0 saturated carbocycles. The van der Waals surface area contributed by atoms with Gasteiger partial charge in [0.1, 0.15) is 0 Å². The van der Waals surface area contributed by atoms with E-state index in [-0.39, 0.29) is 0 Å². The Balaban J connectivity index is 1.25. The van der Waals surface area contributed by atoms with Gasteiger partial charge in [0.2, 0.25) is 0 Å². The van der Waals surface area contributed by atoms with Gasteiger partial charge in [0.05, 0.1) is 0 Å². The lowest BCUT2D eigenvalue weighted by Gasteiger charge is -2.27. The Hall–Kier alpha value is -5.96. The maximum absolute atomic E-state index is 3.92. The molecule has 0 unspecified atom stereocenters. The van der Waals surface area contributed by atoms with Crippen molar-refractivity contribution in [2.24, 2.45) is 0 Å². The van der Waals surface area contributed by atoms with Gasteiger partial charge in [0, 0.05) is 26.6 Å². The largest absolute Gasteiger partial charge is 0.310 e. The lowest BCUT2D eigenvalue weighted by atomic mass is 9.91. The minimum absolute atomic E-state index is 1.05. The van der Waals surface area contributed by atoms with Crippen LogP contribution in [0.3, 0.4) is 0 Å². The first-order valence-corrected chi connectivity index (χ1v) is 18.4. The molecule has 0 fully saturated rings. The van der Waals surface area contributed by atoms with Crippen LogP contribution in [0, 0.1) is 0 Å². The summed E-state index contributed by atoms with van der Waals surface area (Å²) in [5.41, 5.74) is 14.5. The van der Waals surface area contributed by atoms with Crippen molar-refractivity contribution < 1.29 is 0 Å². The number of rotatable bonds is 9. The van der Waals surface area contributed by atoms with E-state index in [2.05, 4.69) is 188 Å². The van der Waals surface area contributed by atoms with E-state index >= 15 is 0 Å². The normalized spacial score (nSPS) is 12.9. The number of nitrogens with zero attached hydrogens (tertiary/aromatic N) is 1. The maximum atomic E-state index is 3.92. The molecule has 2 heteroatoms. The molecule has 1 aliphatic rings. The number of fused-ring (bicyclic) bond motifs is 3. The van der Waals surface area contributed by atoms with Crippen molar-refractivity contribution in [2.75, 3.05) is 4.90 Å². The van der Waals surface area contributed by atoms with Crippen LogP contribution < -0.4 is 4.90 Å². The highest BCUT2D eigenvalue weighted by molar-refractivity contribution is 7.19. The van der Waals surface area contributed by atoms with Crippen molar-refractivity contribution in [3.63, 3.8) is 0 Å². The monoisotopic (exact) mass is 673 g/mol. The molecule has 51 heavy (non-hydrogen) atoms. The van der Waals surface area contributed by atoms with Crippen LogP contribution in [-0.2, 0) is 6.42 Å². The van der Waals surface area contributed by atoms with Crippen LogP contribution in [0.2, 0.25) is 0 Å². The second kappa shape index (κ2) is 14.5. The van der Waals surface area contributed by atoms with Gasteiger partial charge < -0.3 is 4.90 Å². The van der Waals surface area contributed by atoms with Crippen LogP contribution in [0.25, 0.3) is 49.6 Å². The topological polar surface area (TPSA) is 3.24 Å². The van der Waals surface area contributed by atoms with E-state index in [0.717, 1.165) is 41.0 Å². The first-order chi connectivity index (χ1) is 25.2. The van der Waals surface area contributed by atoms with Crippen LogP contribution in [0.4, 0.5) is 17.1 Å². The van der Waals surface area contributed by atoms with Gasteiger partial charge >= 0.3 is 0 Å². The molecule has 1 heterocycles. The van der Waals surface area contributed by atoms with E-state index in [0.29, 0.717) is 0 Å². The van der Waals surface area contributed by atoms with E-state index in [1.807, 2.05) is 23.5 Å². The zero-order chi connectivity index (χ0) is 34.6. The summed E-state index contributed by atoms with van der Waals surface area (Å²) in [6.45, 7) is 6.01. The Morgan fingerprint density at radius 3 is 1.88 bits per heavy atom. The Bertz CT molecular complexity index is 2410. The van der Waals surface area contributed by atoms with Crippen molar-refractivity contribution in [3.8, 4) is 22.3 Å². The van der Waals surface area contributed by atoms with Gasteiger partial charge in [-0.2, -0.15) is 0 Å². The summed E-state index contributed by atoms with van der Waals surface area (Å²) in [6, 6.07) is 55.1. The molecule has 0 saturated heterocycles. The summed E-state index contributed by atoms with van der Waals surface area (Å²) in [5.74, 6) is 0. The number of allylic oxidation sites excluding steroid dienone is 6. The van der Waals surface area contributed by atoms with E-state index < -0.39 is 0 Å². The SMILES string of the molecule is C=C/C=C\C(=C/C)c1cc(-c2ccccc2)cc(N(c2ccc(C3=Cc4c(sc5ccccc45)CC3)cc2)c2ccc(-c3ccccc3)cc2)c1. The Morgan fingerprint density at radius 1 is 0.608 bits per heavy atom. The van der Waals surface area contributed by atoms with Gasteiger partial charge in [-0.25, -0.2) is 0 Å². The molecule has 0 atom stereocenters. The first kappa shape index (κ1) is 32.3. The van der Waals surface area contributed by atoms with Crippen molar-refractivity contribution in [3.05, 3.63) is 204 Å². The zero-order valence-corrected chi connectivity index (χ0v) is 29.6. The standard InChI is InChI=1S/C49H39NS/c1-3-5-14-35(4-2)41-31-42(37-17-10-7-11-18-37)33-45(32-41)50(43-26-21-38(22-27-43)36-15-8-6-9-16-36)44-28-23-39(24-29-44)40-25-30-49-47(34-40)46-19-12-13-20-48(46)51-49/h3-24,26-29,31-34H,1,25,30H2,2H3/b14-5-,35-4+. The third-order valence-corrected chi connectivity index (χ3v) is 11.0. The number of anilines is 3. The number of thiophene rings is 1. The van der Waals surface area contributed by atoms with E-state index in [9.17, 15) is 0 Å². The molecule has 0 aliphatic heterocycles. The van der Waals surface area contributed by atoms with Crippen LogP contribution in [0.15, 0.2) is 183 Å². The van der Waals surface area contributed by atoms with Crippen LogP contribution >= 0.6 is 11.3 Å². The fraction of sp³-hybridized carbons (Fsp3) is 0.0612. The van der Waals surface area contributed by atoms with Crippen molar-refractivity contribution >= 4 is 55.7 Å². The number of hydrogen-bond acceptors (Lipinski definition) is 2. The second-order valence-electron chi connectivity index (χ2n) is 12.9. The smallest absolute Gasteiger partial charge is 0.0473 e. The van der Waals surface area contributed by atoms with Crippen LogP contribution in [0.1, 0.15) is 34.9 Å². The van der Waals surface area contributed by atoms with E-state index in [1.54, 1.807) is 0 Å². The molecular weight excluding hydrogens is 635 g/mol. The van der Waals surface area contributed by atoms with Gasteiger partial charge in [-0.1, -0.05) is 134 Å². The van der Waals surface area contributed by atoms with Crippen molar-refractivity contribution in [1.29, 1.82) is 0 Å². The lowest BCUT2D eigenvalue weighted by Crippen LogP contribution is -2.11. The maximum Gasteiger partial charge on any atom is 0.0473 e. The quantitative estimate of drug-likeness (QED) is 0.138. The van der Waals surface area contributed by atoms with Crippen LogP contribution in [-0.4, -0.2) is 0 Å². The van der Waals surface area contributed by atoms with E-state index in [4.69, 9.17) is 0 Å². The fourth-order valence-electron chi connectivity index (χ4n) is 7.12. The predicted molar refractivity (Wildman–Crippen MR) is 223 cm³/mol. The molecule has 0 amide bonds. The molecule has 246 valence electrons. The minimum atomic E-state index is 1.05. The molecule has 0 radical (unpaired) electrons. The van der Waals surface area contributed by atoms with Crippen molar-refractivity contribution in [1.82, 2.24) is 0 Å². The highest BCUT2D eigenvalue weighted by atomic mass is 32.1. The van der Waals surface area contributed by atoms with Crippen LogP contribution in [0.5, 0.6) is 0 Å². The predicted octanol–water partition coefficient (Wildman–Crippen LogP) is 14.3. The average Bonchev–Trinajstić information content (AvgIpc) is 3.58. The van der Waals surface area contributed by atoms with Gasteiger partial charge in [0.15, 0.2) is 0 Å². The second-order valence-corrected chi connectivity index (χ2v) is 14.0. The van der Waals surface area contributed by atoms with Crippen molar-refractivity contribution in [2.45, 2.75) is 19.8 Å². The molecular formula is C49H39NS. The molecule has 8 rings (SSSR count). The molecule has 0 N–H and O–H groups in total. The third-order valence-electron chi connectivity index (χ3n) is 9.72. The summed E-state index contributed by atoms with van der Waals surface area (Å²) in [4.78, 5) is 3.89. The summed E-state index contributed by atoms with van der Waals surface area (Å²) in [6.07, 6.45) is 12.7. The highest BCUT2D eigenvalue weighted by Crippen LogP contribution is 2.42. The van der Waals surface area contributed by atoms with Gasteiger partial charge in [-0.3, -0.25) is 0 Å². The summed E-state index contributed by atoms with van der Waals surface area (Å²) in [7, 11) is 0. The molecule has 0 bridgehead atoms. The molecule has 1 aliphatic carbocycles. The number of aryl methyl sites for hydroxylation is 1. The summed E-state index contributed by atoms with van der Waals surface area (Å²) in [5, 5.41) is 1.37. The van der Waals surface area contributed by atoms with E-state index in [1.165, 1.54) is 53.9 Å². The fourth-order valence-corrected chi connectivity index (χ4v) is 8.31. The summed E-state index contributed by atoms with van der Waals surface area (Å²) >= 11 is 1.94. The molecule has 6 aromatic carbocycles. The molecule has 0 spiro atoms. The number of hydrogen-bond donors (Lipinski definition) is 0. The van der Waals surface area contributed by atoms with Gasteiger partial charge in [-0.05, 0) is 130 Å². The van der Waals surface area contributed by atoms with Gasteiger partial charge in [-0.15, -0.1) is 11.3 Å². The Morgan fingerprint density at radius 2 is 1.22 bits per heavy atom. The third kappa shape index (κ3) is 6.67. The zero-order valence-electron chi connectivity index (χ0n) is 28.8. The molecule has 1 aromatic heterocycles. The Labute approximate surface area is 305 Å². The highest BCUT2D eigenvalue weighted by Gasteiger charge is 2.19. The van der Waals surface area contributed by atoms with Gasteiger partial charge in [0.25, 0.3) is 0 Å².